The normalized spacial score (nSPS) is 23.8. The fourth-order valence-corrected chi connectivity index (χ4v) is 11.1. The molecule has 4 fully saturated rings. The molecule has 0 N–H and O–H groups in total. The fourth-order valence-electron chi connectivity index (χ4n) is 11.1. The second kappa shape index (κ2) is 11.3. The number of hydrogen-bond donors (Lipinski definition) is 0. The average Bonchev–Trinajstić information content (AvgIpc) is 3.38. The maximum atomic E-state index is 2.53. The van der Waals surface area contributed by atoms with Crippen LogP contribution in [0.1, 0.15) is 69.1 Å². The van der Waals surface area contributed by atoms with Crippen molar-refractivity contribution in [3.05, 3.63) is 162 Å². The molecule has 4 saturated carbocycles. The van der Waals surface area contributed by atoms with E-state index in [9.17, 15) is 0 Å². The van der Waals surface area contributed by atoms with E-state index in [1.165, 1.54) is 100 Å². The van der Waals surface area contributed by atoms with E-state index in [2.05, 4.69) is 164 Å². The summed E-state index contributed by atoms with van der Waals surface area (Å²) in [5, 5.41) is 0. The van der Waals surface area contributed by atoms with E-state index in [4.69, 9.17) is 0 Å². The quantitative estimate of drug-likeness (QED) is 0.174. The maximum absolute atomic E-state index is 2.53. The first-order valence-corrected chi connectivity index (χ1v) is 18.9. The van der Waals surface area contributed by atoms with Crippen molar-refractivity contribution in [3.63, 3.8) is 0 Å². The summed E-state index contributed by atoms with van der Waals surface area (Å²) in [5.41, 5.74) is 16.0. The van der Waals surface area contributed by atoms with Gasteiger partial charge in [-0.05, 0) is 143 Å². The largest absolute Gasteiger partial charge is 0.310 e. The minimum Gasteiger partial charge on any atom is -0.310 e. The molecule has 0 aromatic heterocycles. The van der Waals surface area contributed by atoms with Gasteiger partial charge in [-0.3, -0.25) is 0 Å². The molecular formula is C49H45N. The summed E-state index contributed by atoms with van der Waals surface area (Å²) < 4.78 is 0. The molecule has 1 heteroatoms. The van der Waals surface area contributed by atoms with Crippen molar-refractivity contribution in [2.75, 3.05) is 4.90 Å². The Morgan fingerprint density at radius 1 is 0.460 bits per heavy atom. The van der Waals surface area contributed by atoms with E-state index >= 15 is 0 Å². The Bertz CT molecular complexity index is 2170. The number of benzene rings is 6. The predicted molar refractivity (Wildman–Crippen MR) is 209 cm³/mol. The van der Waals surface area contributed by atoms with Crippen LogP contribution in [0.4, 0.5) is 17.1 Å². The van der Waals surface area contributed by atoms with Gasteiger partial charge in [0.2, 0.25) is 0 Å². The van der Waals surface area contributed by atoms with Crippen molar-refractivity contribution < 1.29 is 0 Å². The van der Waals surface area contributed by atoms with Crippen LogP contribution < -0.4 is 4.90 Å². The number of fused-ring (bicyclic) bond motifs is 3. The topological polar surface area (TPSA) is 3.24 Å². The van der Waals surface area contributed by atoms with Crippen molar-refractivity contribution in [2.45, 2.75) is 63.2 Å². The third-order valence-corrected chi connectivity index (χ3v) is 13.0. The zero-order valence-corrected chi connectivity index (χ0v) is 29.3. The molecule has 5 aliphatic rings. The standard InChI is InChI=1S/C49H45N/c1-48(2)45-16-10-9-15-42(45)43-23-22-41(29-46(43)48)50(40-20-18-39(19-21-40)49-30-33-25-34(31-49)27-35(26-33)32-49)47-24-17-38(36-11-5-3-6-12-36)28-44(47)37-13-7-4-8-14-37/h3-24,28-29,33-35H,25-27,30-32H2,1-2H3. The minimum atomic E-state index is -0.0740. The molecule has 4 bridgehead atoms. The van der Waals surface area contributed by atoms with Gasteiger partial charge in [0.25, 0.3) is 0 Å². The minimum absolute atomic E-state index is 0.0740. The third-order valence-electron chi connectivity index (χ3n) is 13.0. The SMILES string of the molecule is CC1(C)c2ccccc2-c2ccc(N(c3ccc(C45CC6CC(CC(C6)C4)C5)cc3)c3ccc(-c4ccccc4)cc3-c3ccccc3)cc21. The summed E-state index contributed by atoms with van der Waals surface area (Å²) in [5.74, 6) is 2.81. The summed E-state index contributed by atoms with van der Waals surface area (Å²) in [6, 6.07) is 54.8. The van der Waals surface area contributed by atoms with E-state index < -0.39 is 0 Å². The second-order valence-corrected chi connectivity index (χ2v) is 16.4. The Balaban J connectivity index is 1.14. The molecule has 0 spiro atoms. The van der Waals surface area contributed by atoms with Gasteiger partial charge in [0.15, 0.2) is 0 Å². The zero-order chi connectivity index (χ0) is 33.5. The summed E-state index contributed by atoms with van der Waals surface area (Å²) in [6.07, 6.45) is 8.60. The van der Waals surface area contributed by atoms with Crippen LogP contribution in [0.2, 0.25) is 0 Å². The number of anilines is 3. The third kappa shape index (κ3) is 4.73. The van der Waals surface area contributed by atoms with Gasteiger partial charge in [0.05, 0.1) is 5.69 Å². The Hall–Kier alpha value is -4.88. The monoisotopic (exact) mass is 647 g/mol. The number of rotatable bonds is 6. The van der Waals surface area contributed by atoms with Gasteiger partial charge in [-0.1, -0.05) is 123 Å². The highest BCUT2D eigenvalue weighted by Crippen LogP contribution is 2.61. The zero-order valence-electron chi connectivity index (χ0n) is 29.3. The molecule has 50 heavy (non-hydrogen) atoms. The molecule has 0 aliphatic heterocycles. The first kappa shape index (κ1) is 30.0. The average molecular weight is 648 g/mol. The van der Waals surface area contributed by atoms with Crippen molar-refractivity contribution in [3.8, 4) is 33.4 Å². The van der Waals surface area contributed by atoms with Crippen LogP contribution in [0.15, 0.2) is 146 Å². The number of nitrogens with zero attached hydrogens (tertiary/aromatic N) is 1. The molecule has 1 nitrogen and oxygen atoms in total. The molecule has 0 atom stereocenters. The van der Waals surface area contributed by atoms with Gasteiger partial charge in [0, 0.05) is 22.4 Å². The Kier molecular flexibility index (Phi) is 6.79. The summed E-state index contributed by atoms with van der Waals surface area (Å²) >= 11 is 0. The number of hydrogen-bond acceptors (Lipinski definition) is 1. The molecule has 0 saturated heterocycles. The summed E-state index contributed by atoms with van der Waals surface area (Å²) in [6.45, 7) is 4.77. The van der Waals surface area contributed by atoms with Gasteiger partial charge in [-0.2, -0.15) is 0 Å². The van der Waals surface area contributed by atoms with E-state index in [-0.39, 0.29) is 5.41 Å². The molecular weight excluding hydrogens is 603 g/mol. The summed E-state index contributed by atoms with van der Waals surface area (Å²) in [4.78, 5) is 2.53. The van der Waals surface area contributed by atoms with Gasteiger partial charge in [0.1, 0.15) is 0 Å². The lowest BCUT2D eigenvalue weighted by Gasteiger charge is -2.57. The molecule has 5 aliphatic carbocycles. The smallest absolute Gasteiger partial charge is 0.0540 e. The highest BCUT2D eigenvalue weighted by molar-refractivity contribution is 5.92. The van der Waals surface area contributed by atoms with Crippen LogP contribution in [0, 0.1) is 17.8 Å². The molecule has 11 rings (SSSR count). The van der Waals surface area contributed by atoms with Gasteiger partial charge >= 0.3 is 0 Å². The Morgan fingerprint density at radius 2 is 1.04 bits per heavy atom. The molecule has 246 valence electrons. The van der Waals surface area contributed by atoms with Gasteiger partial charge in [-0.15, -0.1) is 0 Å². The van der Waals surface area contributed by atoms with E-state index in [1.807, 2.05) is 0 Å². The van der Waals surface area contributed by atoms with Crippen LogP contribution in [0.5, 0.6) is 0 Å². The van der Waals surface area contributed by atoms with Crippen LogP contribution in [-0.2, 0) is 10.8 Å². The molecule has 0 radical (unpaired) electrons. The Labute approximate surface area is 297 Å². The van der Waals surface area contributed by atoms with Crippen molar-refractivity contribution in [2.24, 2.45) is 17.8 Å². The van der Waals surface area contributed by atoms with Gasteiger partial charge in [-0.25, -0.2) is 0 Å². The lowest BCUT2D eigenvalue weighted by molar-refractivity contribution is -0.00518. The van der Waals surface area contributed by atoms with Crippen LogP contribution in [0.3, 0.4) is 0 Å². The van der Waals surface area contributed by atoms with Gasteiger partial charge < -0.3 is 4.90 Å². The van der Waals surface area contributed by atoms with Crippen molar-refractivity contribution in [1.82, 2.24) is 0 Å². The molecule has 0 heterocycles. The molecule has 6 aromatic carbocycles. The summed E-state index contributed by atoms with van der Waals surface area (Å²) in [7, 11) is 0. The lowest BCUT2D eigenvalue weighted by Crippen LogP contribution is -2.48. The van der Waals surface area contributed by atoms with Crippen LogP contribution >= 0.6 is 0 Å². The van der Waals surface area contributed by atoms with Crippen LogP contribution in [0.25, 0.3) is 33.4 Å². The van der Waals surface area contributed by atoms with Crippen molar-refractivity contribution in [1.29, 1.82) is 0 Å². The Morgan fingerprint density at radius 3 is 1.72 bits per heavy atom. The fraction of sp³-hybridized carbons (Fsp3) is 0.265. The molecule has 6 aromatic rings. The van der Waals surface area contributed by atoms with Crippen LogP contribution in [-0.4, -0.2) is 0 Å². The first-order valence-electron chi connectivity index (χ1n) is 18.9. The molecule has 0 amide bonds. The lowest BCUT2D eigenvalue weighted by atomic mass is 9.48. The maximum Gasteiger partial charge on any atom is 0.0540 e. The van der Waals surface area contributed by atoms with Crippen molar-refractivity contribution >= 4 is 17.1 Å². The van der Waals surface area contributed by atoms with E-state index in [0.29, 0.717) is 5.41 Å². The van der Waals surface area contributed by atoms with E-state index in [1.54, 1.807) is 5.56 Å². The molecule has 0 unspecified atom stereocenters. The van der Waals surface area contributed by atoms with E-state index in [0.717, 1.165) is 17.8 Å². The highest BCUT2D eigenvalue weighted by atomic mass is 15.1. The highest BCUT2D eigenvalue weighted by Gasteiger charge is 2.51. The first-order chi connectivity index (χ1) is 24.4. The second-order valence-electron chi connectivity index (χ2n) is 16.4. The predicted octanol–water partition coefficient (Wildman–Crippen LogP) is 13.3.